The first kappa shape index (κ1) is 45.2. The third-order valence-electron chi connectivity index (χ3n) is 7.83. The van der Waals surface area contributed by atoms with Gasteiger partial charge in [0.25, 0.3) is 0 Å². The second-order valence-corrected chi connectivity index (χ2v) is 12.4. The Bertz CT molecular complexity index is 946. The van der Waals surface area contributed by atoms with Gasteiger partial charge in [-0.2, -0.15) is 0 Å². The maximum absolute atomic E-state index is 13.1. The molecule has 17 heteroatoms. The fourth-order valence-electron chi connectivity index (χ4n) is 4.79. The van der Waals surface area contributed by atoms with E-state index < -0.39 is 72.9 Å². The molecule has 5 amide bonds. The second kappa shape index (κ2) is 27.0. The minimum Gasteiger partial charge on any atom is -0.426 e. The van der Waals surface area contributed by atoms with E-state index in [1.165, 1.54) is 59.3 Å². The molecule has 0 rings (SSSR count). The third-order valence-corrected chi connectivity index (χ3v) is 7.83. The number of aliphatic hydroxyl groups is 1. The number of primary amides is 1. The first-order valence-corrected chi connectivity index (χ1v) is 17.4. The van der Waals surface area contributed by atoms with Gasteiger partial charge < -0.3 is 58.5 Å². The molecule has 0 saturated carbocycles. The molecule has 0 aliphatic carbocycles. The smallest absolute Gasteiger partial charge is 0.426 e. The van der Waals surface area contributed by atoms with Crippen LogP contribution in [0.4, 0.5) is 0 Å². The summed E-state index contributed by atoms with van der Waals surface area (Å²) in [5, 5.41) is 45.0. The minimum absolute atomic E-state index is 0.207. The summed E-state index contributed by atoms with van der Waals surface area (Å²) in [4.78, 5) is 63.5. The SMILES string of the molecule is CCCCCCCCCCNCCN[C@@H](CC(N)=O)C(=O)N[C@H](C(=O)N[C@@H](C)C(=O)N[C@@H](CCCCN)C(=O)N[C@@H](C)B(O)O)[C@@H](C)O. The number of unbranched alkanes of at least 4 members (excludes halogenated alkanes) is 8. The molecule has 0 aliphatic heterocycles. The number of hydrogen-bond acceptors (Lipinski definition) is 11. The van der Waals surface area contributed by atoms with Crippen LogP contribution in [0.2, 0.25) is 0 Å². The summed E-state index contributed by atoms with van der Waals surface area (Å²) < 4.78 is 0. The zero-order valence-electron chi connectivity index (χ0n) is 29.4. The molecule has 13 N–H and O–H groups in total. The lowest BCUT2D eigenvalue weighted by Crippen LogP contribution is -2.60. The summed E-state index contributed by atoms with van der Waals surface area (Å²) in [5.41, 5.74) is 10.9. The molecule has 0 unspecified atom stereocenters. The predicted octanol–water partition coefficient (Wildman–Crippen LogP) is -1.95. The number of aliphatic hydroxyl groups excluding tert-OH is 1. The molecule has 0 aromatic rings. The molecular formula is C31H63BN8O8. The van der Waals surface area contributed by atoms with Gasteiger partial charge in [-0.25, -0.2) is 0 Å². The summed E-state index contributed by atoms with van der Waals surface area (Å²) in [5.74, 6) is -4.70. The zero-order chi connectivity index (χ0) is 36.5. The number of carbonyl (C=O) groups is 5. The standard InChI is InChI=1S/C31H63BN8O8/c1-5-6-7-8-9-10-11-14-17-35-18-19-36-25(20-26(34)42)30(45)40-27(22(3)41)31(46)37-21(2)28(43)39-24(15-12-13-16-33)29(44)38-23(4)32(47)48/h21-25,27,35-36,41,47-48H,5-20,33H2,1-4H3,(H2,34,42)(H,37,46)(H,38,44)(H,39,43)(H,40,45)/t21-,22+,23-,24-,25-,27-/m0/s1. The molecule has 6 atom stereocenters. The topological polar surface area (TPSA) is 270 Å². The van der Waals surface area contributed by atoms with Gasteiger partial charge in [0.2, 0.25) is 29.5 Å². The summed E-state index contributed by atoms with van der Waals surface area (Å²) in [7, 11) is -1.81. The summed E-state index contributed by atoms with van der Waals surface area (Å²) in [6.45, 7) is 8.32. The van der Waals surface area contributed by atoms with Crippen LogP contribution in [-0.4, -0.2) is 114 Å². The molecule has 0 heterocycles. The quantitative estimate of drug-likeness (QED) is 0.0304. The average molecular weight is 687 g/mol. The van der Waals surface area contributed by atoms with Gasteiger partial charge in [-0.3, -0.25) is 24.0 Å². The van der Waals surface area contributed by atoms with Crippen LogP contribution < -0.4 is 43.4 Å². The highest BCUT2D eigenvalue weighted by molar-refractivity contribution is 6.43. The van der Waals surface area contributed by atoms with Gasteiger partial charge >= 0.3 is 7.12 Å². The van der Waals surface area contributed by atoms with Gasteiger partial charge in [0.1, 0.15) is 18.1 Å². The van der Waals surface area contributed by atoms with Crippen molar-refractivity contribution in [3.05, 3.63) is 0 Å². The molecule has 0 fully saturated rings. The Morgan fingerprint density at radius 1 is 0.688 bits per heavy atom. The van der Waals surface area contributed by atoms with Crippen molar-refractivity contribution in [3.63, 3.8) is 0 Å². The molecular weight excluding hydrogens is 623 g/mol. The predicted molar refractivity (Wildman–Crippen MR) is 185 cm³/mol. The van der Waals surface area contributed by atoms with E-state index >= 15 is 0 Å². The third kappa shape index (κ3) is 21.2. The van der Waals surface area contributed by atoms with Gasteiger partial charge in [-0.05, 0) is 59.5 Å². The van der Waals surface area contributed by atoms with E-state index in [0.717, 1.165) is 19.4 Å². The second-order valence-electron chi connectivity index (χ2n) is 12.4. The summed E-state index contributed by atoms with van der Waals surface area (Å²) in [6, 6.07) is -4.77. The maximum Gasteiger partial charge on any atom is 0.475 e. The maximum atomic E-state index is 13.1. The molecule has 0 saturated heterocycles. The van der Waals surface area contributed by atoms with Crippen molar-refractivity contribution in [2.24, 2.45) is 11.5 Å². The van der Waals surface area contributed by atoms with Crippen LogP contribution in [-0.2, 0) is 24.0 Å². The fourth-order valence-corrected chi connectivity index (χ4v) is 4.79. The number of hydrogen-bond donors (Lipinski definition) is 11. The molecule has 278 valence electrons. The number of nitrogens with two attached hydrogens (primary N) is 2. The molecule has 16 nitrogen and oxygen atoms in total. The molecule has 0 radical (unpaired) electrons. The lowest BCUT2D eigenvalue weighted by Gasteiger charge is -2.26. The van der Waals surface area contributed by atoms with Crippen LogP contribution >= 0.6 is 0 Å². The van der Waals surface area contributed by atoms with Crippen molar-refractivity contribution >= 4 is 36.7 Å². The van der Waals surface area contributed by atoms with E-state index in [1.807, 2.05) is 0 Å². The van der Waals surface area contributed by atoms with Gasteiger partial charge in [-0.1, -0.05) is 51.9 Å². The Morgan fingerprint density at radius 2 is 1.29 bits per heavy atom. The highest BCUT2D eigenvalue weighted by Crippen LogP contribution is 2.08. The number of amides is 5. The van der Waals surface area contributed by atoms with Gasteiger partial charge in [0.05, 0.1) is 24.5 Å². The monoisotopic (exact) mass is 686 g/mol. The van der Waals surface area contributed by atoms with E-state index in [1.54, 1.807) is 0 Å². The lowest BCUT2D eigenvalue weighted by molar-refractivity contribution is -0.135. The summed E-state index contributed by atoms with van der Waals surface area (Å²) in [6.07, 6.45) is 9.30. The van der Waals surface area contributed by atoms with Crippen LogP contribution in [0.1, 0.15) is 105 Å². The highest BCUT2D eigenvalue weighted by atomic mass is 16.4. The Morgan fingerprint density at radius 3 is 1.85 bits per heavy atom. The van der Waals surface area contributed by atoms with Crippen molar-refractivity contribution in [3.8, 4) is 0 Å². The number of rotatable bonds is 29. The molecule has 0 spiro atoms. The van der Waals surface area contributed by atoms with E-state index in [2.05, 4.69) is 38.8 Å². The van der Waals surface area contributed by atoms with Crippen LogP contribution in [0.15, 0.2) is 0 Å². The fraction of sp³-hybridized carbons (Fsp3) is 0.839. The molecule has 0 aromatic carbocycles. The van der Waals surface area contributed by atoms with E-state index in [-0.39, 0.29) is 12.8 Å². The van der Waals surface area contributed by atoms with Crippen molar-refractivity contribution in [1.29, 1.82) is 0 Å². The lowest BCUT2D eigenvalue weighted by atomic mass is 9.81. The van der Waals surface area contributed by atoms with Crippen molar-refractivity contribution in [2.75, 3.05) is 26.2 Å². The minimum atomic E-state index is -1.81. The Balaban J connectivity index is 5.05. The Kier molecular flexibility index (Phi) is 25.5. The molecule has 0 aliphatic rings. The van der Waals surface area contributed by atoms with E-state index in [0.29, 0.717) is 32.5 Å². The van der Waals surface area contributed by atoms with Gasteiger partial charge in [0, 0.05) is 13.1 Å². The van der Waals surface area contributed by atoms with E-state index in [9.17, 15) is 39.1 Å². The first-order chi connectivity index (χ1) is 22.7. The number of carbonyl (C=O) groups excluding carboxylic acids is 5. The van der Waals surface area contributed by atoms with Crippen LogP contribution in [0.25, 0.3) is 0 Å². The van der Waals surface area contributed by atoms with Gasteiger partial charge in [-0.15, -0.1) is 0 Å². The van der Waals surface area contributed by atoms with E-state index in [4.69, 9.17) is 11.5 Å². The normalized spacial score (nSPS) is 14.9. The Labute approximate surface area is 286 Å². The molecule has 0 aromatic heterocycles. The van der Waals surface area contributed by atoms with Crippen molar-refractivity contribution < 1.29 is 39.1 Å². The highest BCUT2D eigenvalue weighted by Gasteiger charge is 2.32. The van der Waals surface area contributed by atoms with Crippen molar-refractivity contribution in [1.82, 2.24) is 31.9 Å². The first-order valence-electron chi connectivity index (χ1n) is 17.4. The average Bonchev–Trinajstić information content (AvgIpc) is 3.02. The van der Waals surface area contributed by atoms with Crippen LogP contribution in [0, 0.1) is 0 Å². The zero-order valence-corrected chi connectivity index (χ0v) is 29.4. The molecule has 0 bridgehead atoms. The van der Waals surface area contributed by atoms with Crippen LogP contribution in [0.3, 0.4) is 0 Å². The van der Waals surface area contributed by atoms with Crippen molar-refractivity contribution in [2.45, 2.75) is 141 Å². The largest absolute Gasteiger partial charge is 0.475 e. The summed E-state index contributed by atoms with van der Waals surface area (Å²) >= 11 is 0. The molecule has 48 heavy (non-hydrogen) atoms. The van der Waals surface area contributed by atoms with Crippen LogP contribution in [0.5, 0.6) is 0 Å². The number of nitrogens with one attached hydrogen (secondary N) is 6. The van der Waals surface area contributed by atoms with Gasteiger partial charge in [0.15, 0.2) is 0 Å². The Hall–Kier alpha value is -2.83.